The molecule has 1 heterocycles. The summed E-state index contributed by atoms with van der Waals surface area (Å²) in [6, 6.07) is 16.8. The van der Waals surface area contributed by atoms with E-state index < -0.39 is 0 Å². The fraction of sp³-hybridized carbons (Fsp3) is 0.263. The molecule has 0 bridgehead atoms. The average Bonchev–Trinajstić information content (AvgIpc) is 3.11. The van der Waals surface area contributed by atoms with Gasteiger partial charge in [0.2, 0.25) is 5.91 Å². The molecule has 0 unspecified atom stereocenters. The molecule has 3 amide bonds. The molecule has 2 N–H and O–H groups in total. The summed E-state index contributed by atoms with van der Waals surface area (Å²) < 4.78 is 0. The molecule has 2 aromatic rings. The van der Waals surface area contributed by atoms with Crippen molar-refractivity contribution < 1.29 is 9.59 Å². The summed E-state index contributed by atoms with van der Waals surface area (Å²) in [6.45, 7) is 1.34. The van der Waals surface area contributed by atoms with Crippen LogP contribution in [0.2, 0.25) is 5.02 Å². The van der Waals surface area contributed by atoms with Gasteiger partial charge in [0.1, 0.15) is 0 Å². The minimum absolute atomic E-state index is 0.130. The smallest absolute Gasteiger partial charge is 0.324 e. The molecule has 1 saturated heterocycles. The summed E-state index contributed by atoms with van der Waals surface area (Å²) in [7, 11) is 0. The summed E-state index contributed by atoms with van der Waals surface area (Å²) >= 11 is 5.97. The van der Waals surface area contributed by atoms with Gasteiger partial charge in [0.25, 0.3) is 0 Å². The first-order valence-corrected chi connectivity index (χ1v) is 8.57. The molecule has 1 atom stereocenters. The van der Waals surface area contributed by atoms with Crippen molar-refractivity contribution in [3.05, 3.63) is 65.2 Å². The quantitative estimate of drug-likeness (QED) is 0.912. The molecule has 0 radical (unpaired) electrons. The first kappa shape index (κ1) is 17.3. The third-order valence-corrected chi connectivity index (χ3v) is 4.67. The molecule has 0 saturated carbocycles. The van der Waals surface area contributed by atoms with E-state index in [1.165, 1.54) is 0 Å². The molecule has 0 spiro atoms. The fourth-order valence-electron chi connectivity index (χ4n) is 2.99. The Kier molecular flexibility index (Phi) is 5.24. The Morgan fingerprint density at radius 1 is 1.12 bits per heavy atom. The van der Waals surface area contributed by atoms with Gasteiger partial charge in [-0.2, -0.15) is 0 Å². The second-order valence-corrected chi connectivity index (χ2v) is 6.60. The van der Waals surface area contributed by atoms with E-state index in [0.717, 1.165) is 11.3 Å². The lowest BCUT2D eigenvalue weighted by Crippen LogP contribution is -2.42. The topological polar surface area (TPSA) is 66.6 Å². The Labute approximate surface area is 152 Å². The van der Waals surface area contributed by atoms with Crippen molar-refractivity contribution in [3.63, 3.8) is 0 Å². The normalized spacial score (nSPS) is 16.7. The number of halogens is 1. The van der Waals surface area contributed by atoms with Crippen molar-refractivity contribution in [1.82, 2.24) is 4.90 Å². The van der Waals surface area contributed by atoms with E-state index in [0.29, 0.717) is 31.1 Å². The average molecular weight is 358 g/mol. The molecule has 5 nitrogen and oxygen atoms in total. The van der Waals surface area contributed by atoms with Gasteiger partial charge in [-0.3, -0.25) is 9.69 Å². The Morgan fingerprint density at radius 3 is 2.40 bits per heavy atom. The van der Waals surface area contributed by atoms with Gasteiger partial charge in [-0.1, -0.05) is 41.9 Å². The number of likely N-dealkylation sites (tertiary alicyclic amines) is 1. The summed E-state index contributed by atoms with van der Waals surface area (Å²) in [5, 5.41) is 0.617. The van der Waals surface area contributed by atoms with Crippen LogP contribution in [0.3, 0.4) is 0 Å². The molecule has 3 rings (SSSR count). The standard InChI is InChI=1S/C19H20ClN3O2/c20-16-6-8-17(9-7-16)23(12-14-4-2-1-3-5-14)19(25)22-11-10-15(13-22)18(21)24/h1-9,15H,10-13H2,(H2,21,24)/t15-/m0/s1. The van der Waals surface area contributed by atoms with Crippen LogP contribution in [0.4, 0.5) is 10.5 Å². The van der Waals surface area contributed by atoms with E-state index in [1.807, 2.05) is 42.5 Å². The minimum atomic E-state index is -0.351. The van der Waals surface area contributed by atoms with E-state index >= 15 is 0 Å². The van der Waals surface area contributed by atoms with Crippen molar-refractivity contribution in [2.45, 2.75) is 13.0 Å². The summed E-state index contributed by atoms with van der Waals surface area (Å²) in [5.41, 5.74) is 7.17. The molecular formula is C19H20ClN3O2. The highest BCUT2D eigenvalue weighted by Gasteiger charge is 2.32. The third kappa shape index (κ3) is 4.12. The van der Waals surface area contributed by atoms with Crippen molar-refractivity contribution in [3.8, 4) is 0 Å². The number of rotatable bonds is 4. The second kappa shape index (κ2) is 7.57. The zero-order valence-corrected chi connectivity index (χ0v) is 14.5. The zero-order chi connectivity index (χ0) is 17.8. The maximum Gasteiger partial charge on any atom is 0.324 e. The van der Waals surface area contributed by atoms with Crippen LogP contribution >= 0.6 is 11.6 Å². The number of urea groups is 1. The minimum Gasteiger partial charge on any atom is -0.369 e. The number of nitrogens with zero attached hydrogens (tertiary/aromatic N) is 2. The lowest BCUT2D eigenvalue weighted by molar-refractivity contribution is -0.121. The maximum absolute atomic E-state index is 13.1. The highest BCUT2D eigenvalue weighted by Crippen LogP contribution is 2.24. The lowest BCUT2D eigenvalue weighted by atomic mass is 10.1. The van der Waals surface area contributed by atoms with Crippen LogP contribution in [-0.4, -0.2) is 29.9 Å². The van der Waals surface area contributed by atoms with E-state index in [-0.39, 0.29) is 17.9 Å². The molecule has 1 fully saturated rings. The number of benzene rings is 2. The van der Waals surface area contributed by atoms with Gasteiger partial charge in [0.15, 0.2) is 0 Å². The van der Waals surface area contributed by atoms with Crippen molar-refractivity contribution in [2.24, 2.45) is 11.7 Å². The zero-order valence-electron chi connectivity index (χ0n) is 13.8. The van der Waals surface area contributed by atoms with E-state index in [1.54, 1.807) is 21.9 Å². The monoisotopic (exact) mass is 357 g/mol. The second-order valence-electron chi connectivity index (χ2n) is 6.16. The molecule has 0 aromatic heterocycles. The van der Waals surface area contributed by atoms with Crippen LogP contribution in [0.25, 0.3) is 0 Å². The van der Waals surface area contributed by atoms with Gasteiger partial charge in [0.05, 0.1) is 12.5 Å². The molecular weight excluding hydrogens is 338 g/mol. The van der Waals surface area contributed by atoms with Crippen LogP contribution < -0.4 is 10.6 Å². The van der Waals surface area contributed by atoms with Crippen molar-refractivity contribution in [2.75, 3.05) is 18.0 Å². The van der Waals surface area contributed by atoms with Gasteiger partial charge >= 0.3 is 6.03 Å². The van der Waals surface area contributed by atoms with Gasteiger partial charge < -0.3 is 10.6 Å². The Hall–Kier alpha value is -2.53. The van der Waals surface area contributed by atoms with E-state index in [4.69, 9.17) is 17.3 Å². The Morgan fingerprint density at radius 2 is 1.80 bits per heavy atom. The van der Waals surface area contributed by atoms with Crippen molar-refractivity contribution >= 4 is 29.2 Å². The van der Waals surface area contributed by atoms with Crippen LogP contribution in [0.1, 0.15) is 12.0 Å². The first-order chi connectivity index (χ1) is 12.0. The maximum atomic E-state index is 13.1. The Bertz CT molecular complexity index is 749. The largest absolute Gasteiger partial charge is 0.369 e. The SMILES string of the molecule is NC(=O)[C@H]1CCN(C(=O)N(Cc2ccccc2)c2ccc(Cl)cc2)C1. The number of primary amides is 1. The molecule has 1 aliphatic heterocycles. The van der Waals surface area contributed by atoms with E-state index in [9.17, 15) is 9.59 Å². The molecule has 6 heteroatoms. The van der Waals surface area contributed by atoms with Gasteiger partial charge in [-0.05, 0) is 36.2 Å². The predicted molar refractivity (Wildman–Crippen MR) is 98.3 cm³/mol. The first-order valence-electron chi connectivity index (χ1n) is 8.20. The van der Waals surface area contributed by atoms with Crippen LogP contribution in [0.15, 0.2) is 54.6 Å². The number of carbonyl (C=O) groups excluding carboxylic acids is 2. The third-order valence-electron chi connectivity index (χ3n) is 4.41. The molecule has 2 aromatic carbocycles. The summed E-state index contributed by atoms with van der Waals surface area (Å²) in [6.07, 6.45) is 0.612. The van der Waals surface area contributed by atoms with Crippen molar-refractivity contribution in [1.29, 1.82) is 0 Å². The number of carbonyl (C=O) groups is 2. The molecule has 1 aliphatic rings. The number of amides is 3. The number of hydrogen-bond donors (Lipinski definition) is 1. The predicted octanol–water partition coefficient (Wildman–Crippen LogP) is 3.27. The number of hydrogen-bond acceptors (Lipinski definition) is 2. The number of anilines is 1. The molecule has 0 aliphatic carbocycles. The molecule has 130 valence electrons. The highest BCUT2D eigenvalue weighted by molar-refractivity contribution is 6.30. The van der Waals surface area contributed by atoms with Crippen LogP contribution in [-0.2, 0) is 11.3 Å². The van der Waals surface area contributed by atoms with Gasteiger partial charge in [-0.25, -0.2) is 4.79 Å². The lowest BCUT2D eigenvalue weighted by Gasteiger charge is -2.28. The van der Waals surface area contributed by atoms with E-state index in [2.05, 4.69) is 0 Å². The highest BCUT2D eigenvalue weighted by atomic mass is 35.5. The van der Waals surface area contributed by atoms with Crippen LogP contribution in [0.5, 0.6) is 0 Å². The van der Waals surface area contributed by atoms with Crippen LogP contribution in [0, 0.1) is 5.92 Å². The summed E-state index contributed by atoms with van der Waals surface area (Å²) in [4.78, 5) is 27.9. The molecule has 25 heavy (non-hydrogen) atoms. The fourth-order valence-corrected chi connectivity index (χ4v) is 3.12. The van der Waals surface area contributed by atoms with Gasteiger partial charge in [-0.15, -0.1) is 0 Å². The number of nitrogens with two attached hydrogens (primary N) is 1. The van der Waals surface area contributed by atoms with Gasteiger partial charge in [0, 0.05) is 23.8 Å². The Balaban J connectivity index is 1.84. The summed E-state index contributed by atoms with van der Waals surface area (Å²) in [5.74, 6) is -0.621.